The predicted octanol–water partition coefficient (Wildman–Crippen LogP) is 2.56. The third-order valence-electron chi connectivity index (χ3n) is 2.69. The summed E-state index contributed by atoms with van der Waals surface area (Å²) in [5, 5.41) is 4.53. The average Bonchev–Trinajstić information content (AvgIpc) is 2.54. The van der Waals surface area contributed by atoms with Gasteiger partial charge in [0.2, 0.25) is 0 Å². The SMILES string of the molecule is Cl.Cl.c1cnc2ccc3c(c2c1)CNCCO3. The molecule has 3 rings (SSSR count). The van der Waals surface area contributed by atoms with Crippen LogP contribution in [0.2, 0.25) is 0 Å². The first kappa shape index (κ1) is 14.0. The van der Waals surface area contributed by atoms with Gasteiger partial charge in [0.25, 0.3) is 0 Å². The summed E-state index contributed by atoms with van der Waals surface area (Å²) in [7, 11) is 0. The number of rotatable bonds is 0. The molecular weight excluding hydrogens is 259 g/mol. The average molecular weight is 273 g/mol. The Bertz CT molecular complexity index is 505. The molecular formula is C12H14Cl2N2O. The molecule has 0 bridgehead atoms. The van der Waals surface area contributed by atoms with Gasteiger partial charge in [0, 0.05) is 30.2 Å². The summed E-state index contributed by atoms with van der Waals surface area (Å²) < 4.78 is 5.67. The zero-order valence-electron chi connectivity index (χ0n) is 9.18. The van der Waals surface area contributed by atoms with Crippen molar-refractivity contribution in [3.8, 4) is 5.75 Å². The summed E-state index contributed by atoms with van der Waals surface area (Å²) >= 11 is 0. The monoisotopic (exact) mass is 272 g/mol. The van der Waals surface area contributed by atoms with E-state index in [0.29, 0.717) is 0 Å². The van der Waals surface area contributed by atoms with Crippen LogP contribution in [0.4, 0.5) is 0 Å². The molecule has 0 fully saturated rings. The van der Waals surface area contributed by atoms with E-state index < -0.39 is 0 Å². The normalized spacial score (nSPS) is 13.6. The zero-order valence-corrected chi connectivity index (χ0v) is 10.8. The molecule has 0 atom stereocenters. The number of halogens is 2. The summed E-state index contributed by atoms with van der Waals surface area (Å²) in [5.74, 6) is 0.987. The van der Waals surface area contributed by atoms with E-state index in [4.69, 9.17) is 4.74 Å². The summed E-state index contributed by atoms with van der Waals surface area (Å²) in [6, 6.07) is 8.09. The van der Waals surface area contributed by atoms with Crippen LogP contribution in [-0.4, -0.2) is 18.1 Å². The molecule has 0 spiro atoms. The van der Waals surface area contributed by atoms with Crippen molar-refractivity contribution in [1.82, 2.24) is 10.3 Å². The van der Waals surface area contributed by atoms with E-state index in [1.807, 2.05) is 24.4 Å². The van der Waals surface area contributed by atoms with E-state index in [1.165, 1.54) is 10.9 Å². The molecule has 1 aromatic carbocycles. The molecule has 2 heterocycles. The fourth-order valence-electron chi connectivity index (χ4n) is 1.96. The minimum Gasteiger partial charge on any atom is -0.492 e. The highest BCUT2D eigenvalue weighted by Gasteiger charge is 2.11. The Kier molecular flexibility index (Phi) is 5.00. The Labute approximate surface area is 112 Å². The van der Waals surface area contributed by atoms with Gasteiger partial charge >= 0.3 is 0 Å². The van der Waals surface area contributed by atoms with E-state index in [9.17, 15) is 0 Å². The van der Waals surface area contributed by atoms with Crippen molar-refractivity contribution >= 4 is 35.7 Å². The van der Waals surface area contributed by atoms with Crippen LogP contribution in [0.3, 0.4) is 0 Å². The topological polar surface area (TPSA) is 34.2 Å². The quantitative estimate of drug-likeness (QED) is 0.801. The standard InChI is InChI=1S/C12H12N2O.2ClH/c1-2-9-10-8-13-6-7-15-12(10)4-3-11(9)14-5-1;;/h1-5,13H,6-8H2;2*1H. The molecule has 92 valence electrons. The second-order valence-corrected chi connectivity index (χ2v) is 3.64. The van der Waals surface area contributed by atoms with Gasteiger partial charge in [-0.25, -0.2) is 0 Å². The number of benzene rings is 1. The number of ether oxygens (including phenoxy) is 1. The maximum absolute atomic E-state index is 5.67. The lowest BCUT2D eigenvalue weighted by atomic mass is 10.1. The van der Waals surface area contributed by atoms with Gasteiger partial charge in [0.15, 0.2) is 0 Å². The van der Waals surface area contributed by atoms with Crippen molar-refractivity contribution in [2.45, 2.75) is 6.54 Å². The van der Waals surface area contributed by atoms with Gasteiger partial charge in [0.1, 0.15) is 12.4 Å². The number of nitrogens with one attached hydrogen (secondary N) is 1. The Hall–Kier alpha value is -1.03. The molecule has 3 nitrogen and oxygen atoms in total. The van der Waals surface area contributed by atoms with E-state index in [0.717, 1.165) is 31.0 Å². The lowest BCUT2D eigenvalue weighted by Crippen LogP contribution is -2.16. The van der Waals surface area contributed by atoms with Gasteiger partial charge < -0.3 is 10.1 Å². The number of pyridine rings is 1. The minimum absolute atomic E-state index is 0. The van der Waals surface area contributed by atoms with E-state index >= 15 is 0 Å². The van der Waals surface area contributed by atoms with E-state index in [2.05, 4.69) is 16.4 Å². The van der Waals surface area contributed by atoms with Crippen molar-refractivity contribution in [2.75, 3.05) is 13.2 Å². The van der Waals surface area contributed by atoms with Gasteiger partial charge in [-0.1, -0.05) is 6.07 Å². The fraction of sp³-hybridized carbons (Fsp3) is 0.250. The first-order valence-corrected chi connectivity index (χ1v) is 5.15. The van der Waals surface area contributed by atoms with E-state index in [1.54, 1.807) is 0 Å². The predicted molar refractivity (Wildman–Crippen MR) is 73.4 cm³/mol. The Morgan fingerprint density at radius 3 is 2.94 bits per heavy atom. The lowest BCUT2D eigenvalue weighted by molar-refractivity contribution is 0.326. The van der Waals surface area contributed by atoms with Crippen molar-refractivity contribution in [3.05, 3.63) is 36.0 Å². The number of nitrogens with zero attached hydrogens (tertiary/aromatic N) is 1. The van der Waals surface area contributed by atoms with Crippen LogP contribution in [0.25, 0.3) is 10.9 Å². The highest BCUT2D eigenvalue weighted by molar-refractivity contribution is 5.86. The smallest absolute Gasteiger partial charge is 0.124 e. The molecule has 1 aliphatic heterocycles. The maximum Gasteiger partial charge on any atom is 0.124 e. The van der Waals surface area contributed by atoms with Crippen molar-refractivity contribution < 1.29 is 4.74 Å². The molecule has 0 radical (unpaired) electrons. The number of hydrogen-bond acceptors (Lipinski definition) is 3. The van der Waals surface area contributed by atoms with Crippen molar-refractivity contribution in [3.63, 3.8) is 0 Å². The Morgan fingerprint density at radius 2 is 2.06 bits per heavy atom. The molecule has 2 aromatic rings. The molecule has 1 aliphatic rings. The molecule has 1 aromatic heterocycles. The molecule has 0 aliphatic carbocycles. The molecule has 0 saturated carbocycles. The molecule has 0 amide bonds. The van der Waals surface area contributed by atoms with Gasteiger partial charge in [-0.15, -0.1) is 24.8 Å². The fourth-order valence-corrected chi connectivity index (χ4v) is 1.96. The third kappa shape index (κ3) is 2.63. The highest BCUT2D eigenvalue weighted by atomic mass is 35.5. The van der Waals surface area contributed by atoms with Crippen molar-refractivity contribution in [2.24, 2.45) is 0 Å². The molecule has 5 heteroatoms. The largest absolute Gasteiger partial charge is 0.492 e. The third-order valence-corrected chi connectivity index (χ3v) is 2.69. The highest BCUT2D eigenvalue weighted by Crippen LogP contribution is 2.27. The van der Waals surface area contributed by atoms with E-state index in [-0.39, 0.29) is 24.8 Å². The van der Waals surface area contributed by atoms with Crippen LogP contribution < -0.4 is 10.1 Å². The summed E-state index contributed by atoms with van der Waals surface area (Å²) in [5.41, 5.74) is 2.25. The van der Waals surface area contributed by atoms with Crippen LogP contribution >= 0.6 is 24.8 Å². The molecule has 0 saturated heterocycles. The van der Waals surface area contributed by atoms with Gasteiger partial charge in [0.05, 0.1) is 5.52 Å². The van der Waals surface area contributed by atoms with Crippen molar-refractivity contribution in [1.29, 1.82) is 0 Å². The van der Waals surface area contributed by atoms with Crippen LogP contribution in [0.5, 0.6) is 5.75 Å². The van der Waals surface area contributed by atoms with Crippen LogP contribution in [-0.2, 0) is 6.54 Å². The van der Waals surface area contributed by atoms with Gasteiger partial charge in [-0.3, -0.25) is 4.98 Å². The van der Waals surface area contributed by atoms with Gasteiger partial charge in [-0.2, -0.15) is 0 Å². The van der Waals surface area contributed by atoms with Crippen LogP contribution in [0.15, 0.2) is 30.5 Å². The van der Waals surface area contributed by atoms with Crippen LogP contribution in [0, 0.1) is 0 Å². The minimum atomic E-state index is 0. The van der Waals surface area contributed by atoms with Gasteiger partial charge in [-0.05, 0) is 18.2 Å². The maximum atomic E-state index is 5.67. The molecule has 17 heavy (non-hydrogen) atoms. The number of fused-ring (bicyclic) bond motifs is 3. The second-order valence-electron chi connectivity index (χ2n) is 3.64. The lowest BCUT2D eigenvalue weighted by Gasteiger charge is -2.08. The summed E-state index contributed by atoms with van der Waals surface area (Å²) in [6.07, 6.45) is 1.82. The number of aromatic nitrogens is 1. The summed E-state index contributed by atoms with van der Waals surface area (Å²) in [6.45, 7) is 2.49. The first-order chi connectivity index (χ1) is 7.45. The summed E-state index contributed by atoms with van der Waals surface area (Å²) in [4.78, 5) is 4.34. The molecule has 0 unspecified atom stereocenters. The second kappa shape index (κ2) is 6.05. The Morgan fingerprint density at radius 1 is 1.18 bits per heavy atom. The molecule has 1 N–H and O–H groups in total. The Balaban J connectivity index is 0.000000722. The van der Waals surface area contributed by atoms with Crippen LogP contribution in [0.1, 0.15) is 5.56 Å². The first-order valence-electron chi connectivity index (χ1n) is 5.15. The zero-order chi connectivity index (χ0) is 10.1. The number of hydrogen-bond donors (Lipinski definition) is 1.